The summed E-state index contributed by atoms with van der Waals surface area (Å²) in [5.74, 6) is -0.833. The zero-order valence-corrected chi connectivity index (χ0v) is 5.31. The van der Waals surface area contributed by atoms with Gasteiger partial charge >= 0.3 is 0 Å². The van der Waals surface area contributed by atoms with E-state index in [9.17, 15) is 0 Å². The molecule has 0 fully saturated rings. The van der Waals surface area contributed by atoms with E-state index in [4.69, 9.17) is 25.2 Å². The summed E-state index contributed by atoms with van der Waals surface area (Å²) in [6, 6.07) is 0. The van der Waals surface area contributed by atoms with Gasteiger partial charge in [-0.3, -0.25) is 4.79 Å². The van der Waals surface area contributed by atoms with Gasteiger partial charge in [-0.1, -0.05) is 0 Å². The van der Waals surface area contributed by atoms with Crippen LogP contribution in [0.1, 0.15) is 6.92 Å². The van der Waals surface area contributed by atoms with Gasteiger partial charge in [0.25, 0.3) is 11.1 Å². The Bertz CT molecular complexity index is 73.0. The summed E-state index contributed by atoms with van der Waals surface area (Å²) < 4.78 is 0. The average molecular weight is 187 g/mol. The Kier molecular flexibility index (Phi) is 17.9. The average Bonchev–Trinajstić information content (AvgIpc) is 1.25. The smallest absolute Gasteiger partial charge is 0.300 e. The molecule has 0 unspecified atom stereocenters. The van der Waals surface area contributed by atoms with Crippen molar-refractivity contribution in [3.05, 3.63) is 10.1 Å². The van der Waals surface area contributed by atoms with E-state index >= 15 is 0 Å². The molecule has 1 radical (unpaired) electrons. The minimum Gasteiger partial charge on any atom is -0.481 e. The Balaban J connectivity index is -0.0000000720. The molecule has 2 N–H and O–H groups in total. The van der Waals surface area contributed by atoms with E-state index in [1.807, 2.05) is 0 Å². The second-order valence-electron chi connectivity index (χ2n) is 0.757. The first-order valence-corrected chi connectivity index (χ1v) is 1.49. The van der Waals surface area contributed by atoms with Crippen molar-refractivity contribution >= 4 is 5.97 Å². The van der Waals surface area contributed by atoms with Crippen molar-refractivity contribution in [3.8, 4) is 0 Å². The topological polar surface area (TPSA) is 101 Å². The zero-order valence-electron chi connectivity index (χ0n) is 4.37. The fraction of sp³-hybridized carbons (Fsp3) is 0.500. The zero-order chi connectivity index (χ0) is 7.15. The minimum absolute atomic E-state index is 0. The summed E-state index contributed by atoms with van der Waals surface area (Å²) in [5.41, 5.74) is 0. The Morgan fingerprint density at radius 2 is 1.67 bits per heavy atom. The van der Waals surface area contributed by atoms with Crippen molar-refractivity contribution in [2.75, 3.05) is 0 Å². The summed E-state index contributed by atoms with van der Waals surface area (Å²) in [5, 5.41) is 21.1. The van der Waals surface area contributed by atoms with Gasteiger partial charge in [0, 0.05) is 24.0 Å². The third kappa shape index (κ3) is 295. The molecule has 0 aromatic heterocycles. The Morgan fingerprint density at radius 3 is 1.67 bits per heavy atom. The third-order valence-corrected chi connectivity index (χ3v) is 0. The van der Waals surface area contributed by atoms with E-state index in [1.54, 1.807) is 0 Å². The Labute approximate surface area is 61.1 Å². The molecule has 0 saturated carbocycles. The van der Waals surface area contributed by atoms with Crippen molar-refractivity contribution in [3.63, 3.8) is 0 Å². The number of carboxylic acid groups (broad SMARTS) is 1. The van der Waals surface area contributed by atoms with Gasteiger partial charge in [0.2, 0.25) is 0 Å². The van der Waals surface area contributed by atoms with Gasteiger partial charge in [-0.05, 0) is 0 Å². The van der Waals surface area contributed by atoms with E-state index in [0.29, 0.717) is 0 Å². The molecule has 0 heterocycles. The molecule has 0 bridgehead atoms. The number of hydrogen-bond donors (Lipinski definition) is 2. The molecule has 0 aromatic carbocycles. The van der Waals surface area contributed by atoms with E-state index < -0.39 is 11.1 Å². The molecule has 0 aromatic rings. The van der Waals surface area contributed by atoms with E-state index in [-0.39, 0.29) is 17.1 Å². The molecule has 59 valence electrons. The molecular formula is C2H5CuNO5. The monoisotopic (exact) mass is 186 g/mol. The third-order valence-electron chi connectivity index (χ3n) is 0. The van der Waals surface area contributed by atoms with Crippen molar-refractivity contribution < 1.29 is 37.3 Å². The summed E-state index contributed by atoms with van der Waals surface area (Å²) in [7, 11) is 0. The normalized spacial score (nSPS) is 5.44. The first-order valence-electron chi connectivity index (χ1n) is 1.49. The minimum atomic E-state index is -1.50. The van der Waals surface area contributed by atoms with Gasteiger partial charge in [0.1, 0.15) is 0 Å². The Hall–Kier alpha value is -0.811. The van der Waals surface area contributed by atoms with Crippen LogP contribution in [0.3, 0.4) is 0 Å². The maximum atomic E-state index is 9.00. The summed E-state index contributed by atoms with van der Waals surface area (Å²) in [6.07, 6.45) is 0. The molecule has 9 heavy (non-hydrogen) atoms. The maximum Gasteiger partial charge on any atom is 0.300 e. The molecule has 0 aliphatic rings. The van der Waals surface area contributed by atoms with Crippen molar-refractivity contribution in [2.45, 2.75) is 6.92 Å². The number of nitrogens with zero attached hydrogens (tertiary/aromatic N) is 1. The predicted molar refractivity (Wildman–Crippen MR) is 22.1 cm³/mol. The molecule has 0 atom stereocenters. The number of carboxylic acids is 1. The molecule has 0 rings (SSSR count). The quantitative estimate of drug-likeness (QED) is 0.308. The van der Waals surface area contributed by atoms with Crippen molar-refractivity contribution in [1.82, 2.24) is 0 Å². The first-order chi connectivity index (χ1) is 3.46. The van der Waals surface area contributed by atoms with Crippen LogP contribution in [0, 0.1) is 10.1 Å². The first kappa shape index (κ1) is 15.7. The Morgan fingerprint density at radius 1 is 1.67 bits per heavy atom. The van der Waals surface area contributed by atoms with Gasteiger partial charge < -0.3 is 10.3 Å². The maximum absolute atomic E-state index is 9.00. The van der Waals surface area contributed by atoms with Crippen LogP contribution in [0.15, 0.2) is 0 Å². The van der Waals surface area contributed by atoms with Crippen molar-refractivity contribution in [1.29, 1.82) is 0 Å². The molecule has 0 aliphatic heterocycles. The standard InChI is InChI=1S/C2H4O2.Cu.HNO3/c1-2(3)4;;2-1(3)4/h1H3,(H,3,4);;(H,2,3,4). The van der Waals surface area contributed by atoms with Crippen LogP contribution in [0.4, 0.5) is 0 Å². The molecule has 0 aliphatic carbocycles. The SMILES string of the molecule is CC(=O)O.O=[N+]([O-])O.[Cu]. The van der Waals surface area contributed by atoms with Gasteiger partial charge in [0.15, 0.2) is 0 Å². The van der Waals surface area contributed by atoms with Crippen LogP contribution in [0.5, 0.6) is 0 Å². The van der Waals surface area contributed by atoms with Gasteiger partial charge in [-0.2, -0.15) is 0 Å². The van der Waals surface area contributed by atoms with E-state index in [2.05, 4.69) is 0 Å². The molecular weight excluding hydrogens is 182 g/mol. The molecule has 0 spiro atoms. The van der Waals surface area contributed by atoms with E-state index in [0.717, 1.165) is 6.92 Å². The number of hydrogen-bond acceptors (Lipinski definition) is 3. The van der Waals surface area contributed by atoms with Gasteiger partial charge in [-0.25, -0.2) is 0 Å². The second kappa shape index (κ2) is 10.2. The molecule has 7 heteroatoms. The van der Waals surface area contributed by atoms with Crippen LogP contribution in [0.25, 0.3) is 0 Å². The van der Waals surface area contributed by atoms with Crippen LogP contribution in [-0.4, -0.2) is 21.4 Å². The van der Waals surface area contributed by atoms with Crippen LogP contribution in [-0.2, 0) is 21.9 Å². The van der Waals surface area contributed by atoms with Gasteiger partial charge in [-0.15, -0.1) is 10.1 Å². The summed E-state index contributed by atoms with van der Waals surface area (Å²) >= 11 is 0. The predicted octanol–water partition coefficient (Wildman–Crippen LogP) is -0.259. The van der Waals surface area contributed by atoms with Crippen LogP contribution < -0.4 is 0 Å². The van der Waals surface area contributed by atoms with Gasteiger partial charge in [0.05, 0.1) is 0 Å². The number of aliphatic carboxylic acids is 1. The van der Waals surface area contributed by atoms with Crippen LogP contribution in [0.2, 0.25) is 0 Å². The fourth-order valence-electron chi connectivity index (χ4n) is 0. The number of carbonyl (C=O) groups is 1. The molecule has 6 nitrogen and oxygen atoms in total. The molecule has 0 amide bonds. The number of rotatable bonds is 0. The van der Waals surface area contributed by atoms with Crippen LogP contribution >= 0.6 is 0 Å². The fourth-order valence-corrected chi connectivity index (χ4v) is 0. The largest absolute Gasteiger partial charge is 0.481 e. The summed E-state index contributed by atoms with van der Waals surface area (Å²) in [4.78, 5) is 17.4. The summed E-state index contributed by atoms with van der Waals surface area (Å²) in [6.45, 7) is 1.08. The van der Waals surface area contributed by atoms with E-state index in [1.165, 1.54) is 0 Å². The second-order valence-corrected chi connectivity index (χ2v) is 0.757. The van der Waals surface area contributed by atoms with Crippen molar-refractivity contribution in [2.24, 2.45) is 0 Å². The molecule has 0 saturated heterocycles.